The molecule has 3 aromatic rings. The van der Waals surface area contributed by atoms with Crippen LogP contribution in [0.4, 0.5) is 0 Å². The molecule has 0 saturated heterocycles. The minimum absolute atomic E-state index is 1.44. The summed E-state index contributed by atoms with van der Waals surface area (Å²) >= 11 is 0. The molecule has 78 valence electrons. The Morgan fingerprint density at radius 3 is 1.53 bits per heavy atom. The predicted molar refractivity (Wildman–Crippen MR) is 51.4 cm³/mol. The molecule has 0 spiro atoms. The van der Waals surface area contributed by atoms with Crippen molar-refractivity contribution >= 4 is 0 Å². The van der Waals surface area contributed by atoms with Crippen LogP contribution in [0.1, 0.15) is 0 Å². The van der Waals surface area contributed by atoms with Gasteiger partial charge in [-0.2, -0.15) is 15.3 Å². The standard InChI is InChI=1S/C3H4N2.2C2H3N3/c1-2-4-5-3-1;2*1-3-2-5-4-1/h1-3H,(H,4,5);2*1-2H,(H,3,4,5). The van der Waals surface area contributed by atoms with E-state index in [0.29, 0.717) is 0 Å². The summed E-state index contributed by atoms with van der Waals surface area (Å²) < 4.78 is 0. The molecule has 0 fully saturated rings. The Hall–Kier alpha value is -2.51. The van der Waals surface area contributed by atoms with Gasteiger partial charge in [0.2, 0.25) is 0 Å². The van der Waals surface area contributed by atoms with Crippen LogP contribution in [0.15, 0.2) is 43.8 Å². The van der Waals surface area contributed by atoms with E-state index in [1.54, 1.807) is 12.4 Å². The number of rotatable bonds is 0. The molecule has 0 atom stereocenters. The van der Waals surface area contributed by atoms with Crippen molar-refractivity contribution in [2.75, 3.05) is 0 Å². The lowest BCUT2D eigenvalue weighted by Gasteiger charge is -1.49. The van der Waals surface area contributed by atoms with E-state index in [9.17, 15) is 0 Å². The summed E-state index contributed by atoms with van der Waals surface area (Å²) in [6.07, 6.45) is 9.38. The molecule has 0 aliphatic carbocycles. The first-order valence-electron chi connectivity index (χ1n) is 4.01. The maximum absolute atomic E-state index is 3.60. The second kappa shape index (κ2) is 8.10. The van der Waals surface area contributed by atoms with Crippen LogP contribution in [0, 0.1) is 0 Å². The van der Waals surface area contributed by atoms with E-state index in [4.69, 9.17) is 0 Å². The Morgan fingerprint density at radius 1 is 0.733 bits per heavy atom. The highest BCUT2D eigenvalue weighted by Crippen LogP contribution is 1.64. The number of aromatic nitrogens is 8. The molecule has 0 saturated carbocycles. The Labute approximate surface area is 85.2 Å². The van der Waals surface area contributed by atoms with Crippen molar-refractivity contribution in [3.63, 3.8) is 0 Å². The first-order valence-corrected chi connectivity index (χ1v) is 4.01. The summed E-state index contributed by atoms with van der Waals surface area (Å²) in [5.41, 5.74) is 0. The zero-order chi connectivity index (χ0) is 10.6. The zero-order valence-corrected chi connectivity index (χ0v) is 7.78. The first-order chi connectivity index (χ1) is 7.50. The van der Waals surface area contributed by atoms with Gasteiger partial charge in [-0.15, -0.1) is 0 Å². The van der Waals surface area contributed by atoms with E-state index < -0.39 is 0 Å². The number of hydrogen-bond acceptors (Lipinski definition) is 5. The minimum Gasteiger partial charge on any atom is -0.286 e. The number of nitrogens with zero attached hydrogens (tertiary/aromatic N) is 5. The third-order valence-electron chi connectivity index (χ3n) is 1.07. The molecule has 8 heteroatoms. The van der Waals surface area contributed by atoms with E-state index >= 15 is 0 Å². The average molecular weight is 206 g/mol. The van der Waals surface area contributed by atoms with Gasteiger partial charge in [0, 0.05) is 12.4 Å². The van der Waals surface area contributed by atoms with Gasteiger partial charge in [0.05, 0.1) is 0 Å². The molecular weight excluding hydrogens is 196 g/mol. The molecule has 0 aliphatic rings. The third kappa shape index (κ3) is 6.63. The molecule has 0 radical (unpaired) electrons. The summed E-state index contributed by atoms with van der Waals surface area (Å²) in [6, 6.07) is 1.83. The number of hydrogen-bond donors (Lipinski definition) is 3. The fourth-order valence-electron chi connectivity index (χ4n) is 0.548. The Balaban J connectivity index is 0.000000112. The van der Waals surface area contributed by atoms with Crippen LogP contribution >= 0.6 is 0 Å². The van der Waals surface area contributed by atoms with Crippen molar-refractivity contribution in [1.82, 2.24) is 40.6 Å². The lowest BCUT2D eigenvalue weighted by atomic mass is 10.8. The van der Waals surface area contributed by atoms with Crippen molar-refractivity contribution < 1.29 is 0 Å². The zero-order valence-electron chi connectivity index (χ0n) is 7.78. The Kier molecular flexibility index (Phi) is 5.71. The molecule has 3 rings (SSSR count). The van der Waals surface area contributed by atoms with E-state index in [2.05, 4.69) is 40.6 Å². The van der Waals surface area contributed by atoms with Crippen LogP contribution in [-0.4, -0.2) is 40.6 Å². The SMILES string of the molecule is c1cn[nH]c1.c1nc[nH]n1.c1nc[nH]n1. The second-order valence-corrected chi connectivity index (χ2v) is 2.07. The quantitative estimate of drug-likeness (QED) is 0.480. The Bertz CT molecular complexity index is 247. The molecule has 0 aliphatic heterocycles. The number of aromatic amines is 3. The first kappa shape index (κ1) is 10.6. The van der Waals surface area contributed by atoms with Crippen LogP contribution in [-0.2, 0) is 0 Å². The summed E-state index contributed by atoms with van der Waals surface area (Å²) in [7, 11) is 0. The molecule has 0 aromatic carbocycles. The summed E-state index contributed by atoms with van der Waals surface area (Å²) in [6.45, 7) is 0. The van der Waals surface area contributed by atoms with Gasteiger partial charge in [-0.05, 0) is 6.07 Å². The monoisotopic (exact) mass is 206 g/mol. The van der Waals surface area contributed by atoms with Gasteiger partial charge in [0.25, 0.3) is 0 Å². The second-order valence-electron chi connectivity index (χ2n) is 2.07. The van der Waals surface area contributed by atoms with Crippen LogP contribution in [0.25, 0.3) is 0 Å². The molecule has 0 unspecified atom stereocenters. The van der Waals surface area contributed by atoms with Gasteiger partial charge in [0.1, 0.15) is 25.3 Å². The topological polar surface area (TPSA) is 112 Å². The molecule has 3 heterocycles. The van der Waals surface area contributed by atoms with Crippen LogP contribution in [0.3, 0.4) is 0 Å². The molecule has 0 bridgehead atoms. The Morgan fingerprint density at radius 2 is 1.40 bits per heavy atom. The molecule has 0 amide bonds. The van der Waals surface area contributed by atoms with Crippen LogP contribution in [0.2, 0.25) is 0 Å². The largest absolute Gasteiger partial charge is 0.286 e. The highest BCUT2D eigenvalue weighted by atomic mass is 15.2. The number of H-pyrrole nitrogens is 3. The van der Waals surface area contributed by atoms with Gasteiger partial charge in [0.15, 0.2) is 0 Å². The highest BCUT2D eigenvalue weighted by Gasteiger charge is 1.57. The molecule has 3 aromatic heterocycles. The minimum atomic E-state index is 1.44. The molecule has 3 N–H and O–H groups in total. The maximum atomic E-state index is 3.60. The smallest absolute Gasteiger partial charge is 0.137 e. The van der Waals surface area contributed by atoms with Gasteiger partial charge in [-0.1, -0.05) is 0 Å². The fraction of sp³-hybridized carbons (Fsp3) is 0. The maximum Gasteiger partial charge on any atom is 0.137 e. The molecular formula is C7H10N8. The highest BCUT2D eigenvalue weighted by molar-refractivity contribution is 4.72. The number of nitrogens with one attached hydrogen (secondary N) is 3. The van der Waals surface area contributed by atoms with Gasteiger partial charge < -0.3 is 0 Å². The van der Waals surface area contributed by atoms with Gasteiger partial charge in [-0.25, -0.2) is 9.97 Å². The lowest BCUT2D eigenvalue weighted by Crippen LogP contribution is -1.53. The fourth-order valence-corrected chi connectivity index (χ4v) is 0.548. The molecule has 8 nitrogen and oxygen atoms in total. The van der Waals surface area contributed by atoms with Crippen LogP contribution < -0.4 is 0 Å². The van der Waals surface area contributed by atoms with E-state index in [0.717, 1.165) is 0 Å². The predicted octanol–water partition coefficient (Wildman–Crippen LogP) is 0.0191. The summed E-state index contributed by atoms with van der Waals surface area (Å²) in [5, 5.41) is 18.2. The third-order valence-corrected chi connectivity index (χ3v) is 1.07. The van der Waals surface area contributed by atoms with Crippen molar-refractivity contribution in [1.29, 1.82) is 0 Å². The van der Waals surface area contributed by atoms with Crippen LogP contribution in [0.5, 0.6) is 0 Å². The van der Waals surface area contributed by atoms with Gasteiger partial charge >= 0.3 is 0 Å². The summed E-state index contributed by atoms with van der Waals surface area (Å²) in [4.78, 5) is 7.11. The molecule has 15 heavy (non-hydrogen) atoms. The van der Waals surface area contributed by atoms with E-state index in [1.165, 1.54) is 25.3 Å². The van der Waals surface area contributed by atoms with Crippen molar-refractivity contribution in [2.45, 2.75) is 0 Å². The van der Waals surface area contributed by atoms with Crippen molar-refractivity contribution in [2.24, 2.45) is 0 Å². The lowest BCUT2D eigenvalue weighted by molar-refractivity contribution is 1.09. The normalized spacial score (nSPS) is 8.00. The summed E-state index contributed by atoms with van der Waals surface area (Å²) in [5.74, 6) is 0. The average Bonchev–Trinajstić information content (AvgIpc) is 3.09. The van der Waals surface area contributed by atoms with Crippen molar-refractivity contribution in [3.05, 3.63) is 43.8 Å². The van der Waals surface area contributed by atoms with Gasteiger partial charge in [-0.3, -0.25) is 15.3 Å². The van der Waals surface area contributed by atoms with E-state index in [1.807, 2.05) is 6.07 Å². The van der Waals surface area contributed by atoms with E-state index in [-0.39, 0.29) is 0 Å². The van der Waals surface area contributed by atoms with Crippen molar-refractivity contribution in [3.8, 4) is 0 Å².